The van der Waals surface area contributed by atoms with E-state index in [0.717, 1.165) is 11.1 Å². The zero-order valence-electron chi connectivity index (χ0n) is 15.6. The normalized spacial score (nSPS) is 13.9. The molecule has 0 bridgehead atoms. The van der Waals surface area contributed by atoms with Gasteiger partial charge in [0.1, 0.15) is 0 Å². The van der Waals surface area contributed by atoms with Crippen molar-refractivity contribution < 1.29 is 0 Å². The van der Waals surface area contributed by atoms with E-state index >= 15 is 0 Å². The maximum absolute atomic E-state index is 3.32. The third-order valence-corrected chi connectivity index (χ3v) is 5.71. The summed E-state index contributed by atoms with van der Waals surface area (Å²) < 4.78 is 0. The van der Waals surface area contributed by atoms with Gasteiger partial charge in [-0.3, -0.25) is 0 Å². The highest BCUT2D eigenvalue weighted by molar-refractivity contribution is 5.86. The molecule has 4 aromatic carbocycles. The lowest BCUT2D eigenvalue weighted by Gasteiger charge is -2.34. The monoisotopic (exact) mass is 344 g/mol. The topological polar surface area (TPSA) is 0 Å². The molecule has 0 nitrogen and oxygen atoms in total. The Morgan fingerprint density at radius 2 is 1.04 bits per heavy atom. The average molecular weight is 344 g/mol. The lowest BCUT2D eigenvalue weighted by atomic mass is 9.67. The number of benzene rings is 4. The summed E-state index contributed by atoms with van der Waals surface area (Å²) in [6.45, 7) is 4.24. The summed E-state index contributed by atoms with van der Waals surface area (Å²) in [6.07, 6.45) is 0. The largest absolute Gasteiger partial charge is 0.0713 e. The molecule has 0 saturated heterocycles. The zero-order valence-corrected chi connectivity index (χ0v) is 15.6. The van der Waals surface area contributed by atoms with E-state index in [4.69, 9.17) is 0 Å². The standard InChI is InChI=1S/C27H20/c1-19-9-7-11-21(17-19)27(22-12-8-10-20(2)18-22)25-15-5-3-13-23(25)24-14-4-6-16-26(24)27/h3-8,11-18H,1-2H3. The molecule has 0 spiro atoms. The zero-order chi connectivity index (χ0) is 18.4. The van der Waals surface area contributed by atoms with Crippen LogP contribution < -0.4 is 0 Å². The molecule has 0 atom stereocenters. The molecule has 5 rings (SSSR count). The van der Waals surface area contributed by atoms with Crippen molar-refractivity contribution in [1.82, 2.24) is 0 Å². The Morgan fingerprint density at radius 3 is 1.48 bits per heavy atom. The minimum atomic E-state index is -0.313. The van der Waals surface area contributed by atoms with Crippen LogP contribution >= 0.6 is 0 Å². The van der Waals surface area contributed by atoms with E-state index in [-0.39, 0.29) is 5.41 Å². The molecule has 1 aliphatic rings. The SMILES string of the molecule is Cc1[c]ccc(C2(c3cc[c]c(C)c3)c3ccccc3-c3ccccc32)c1. The van der Waals surface area contributed by atoms with Crippen LogP contribution in [0.4, 0.5) is 0 Å². The second-order valence-electron chi connectivity index (χ2n) is 7.36. The molecule has 0 N–H and O–H groups in total. The Bertz CT molecular complexity index is 1060. The predicted molar refractivity (Wildman–Crippen MR) is 111 cm³/mol. The molecule has 0 saturated carbocycles. The molecular formula is C27H20. The first-order valence-corrected chi connectivity index (χ1v) is 9.38. The van der Waals surface area contributed by atoms with Gasteiger partial charge in [0.05, 0.1) is 5.41 Å². The van der Waals surface area contributed by atoms with Gasteiger partial charge in [-0.1, -0.05) is 84.9 Å². The highest BCUT2D eigenvalue weighted by Crippen LogP contribution is 2.55. The van der Waals surface area contributed by atoms with E-state index in [1.807, 2.05) is 0 Å². The van der Waals surface area contributed by atoms with Gasteiger partial charge >= 0.3 is 0 Å². The van der Waals surface area contributed by atoms with Crippen molar-refractivity contribution >= 4 is 0 Å². The molecule has 0 heteroatoms. The molecule has 4 aromatic rings. The summed E-state index contributed by atoms with van der Waals surface area (Å²) in [7, 11) is 0. The van der Waals surface area contributed by atoms with E-state index < -0.39 is 0 Å². The summed E-state index contributed by atoms with van der Waals surface area (Å²) in [5.41, 5.74) is 9.94. The summed E-state index contributed by atoms with van der Waals surface area (Å²) in [5.74, 6) is 0. The van der Waals surface area contributed by atoms with Crippen LogP contribution in [0.2, 0.25) is 0 Å². The molecule has 0 unspecified atom stereocenters. The molecule has 1 aliphatic carbocycles. The second kappa shape index (κ2) is 5.96. The third-order valence-electron chi connectivity index (χ3n) is 5.71. The van der Waals surface area contributed by atoms with Gasteiger partial charge in [-0.25, -0.2) is 0 Å². The fourth-order valence-electron chi connectivity index (χ4n) is 4.66. The number of hydrogen-bond donors (Lipinski definition) is 0. The Kier molecular flexibility index (Phi) is 3.55. The van der Waals surface area contributed by atoms with Crippen LogP contribution in [0.25, 0.3) is 11.1 Å². The van der Waals surface area contributed by atoms with Gasteiger partial charge < -0.3 is 0 Å². The molecule has 27 heavy (non-hydrogen) atoms. The van der Waals surface area contributed by atoms with Crippen molar-refractivity contribution in [2.75, 3.05) is 0 Å². The van der Waals surface area contributed by atoms with Crippen molar-refractivity contribution in [3.05, 3.63) is 130 Å². The highest BCUT2D eigenvalue weighted by atomic mass is 14.5. The number of aryl methyl sites for hydroxylation is 2. The van der Waals surface area contributed by atoms with Crippen LogP contribution in [0, 0.1) is 26.0 Å². The van der Waals surface area contributed by atoms with Gasteiger partial charge in [-0.2, -0.15) is 0 Å². The van der Waals surface area contributed by atoms with Gasteiger partial charge in [0.15, 0.2) is 0 Å². The van der Waals surface area contributed by atoms with Crippen LogP contribution in [0.5, 0.6) is 0 Å². The Labute approximate surface area is 161 Å². The summed E-state index contributed by atoms with van der Waals surface area (Å²) >= 11 is 0. The molecule has 0 amide bonds. The van der Waals surface area contributed by atoms with Crippen molar-refractivity contribution in [2.24, 2.45) is 0 Å². The first-order valence-electron chi connectivity index (χ1n) is 9.38. The maximum Gasteiger partial charge on any atom is 0.0713 e. The highest BCUT2D eigenvalue weighted by Gasteiger charge is 2.45. The fourth-order valence-corrected chi connectivity index (χ4v) is 4.66. The van der Waals surface area contributed by atoms with Gasteiger partial charge in [0.25, 0.3) is 0 Å². The lowest BCUT2D eigenvalue weighted by Crippen LogP contribution is -2.28. The van der Waals surface area contributed by atoms with E-state index in [1.165, 1.54) is 33.4 Å². The fraction of sp³-hybridized carbons (Fsp3) is 0.111. The molecule has 128 valence electrons. The van der Waals surface area contributed by atoms with Gasteiger partial charge in [0.2, 0.25) is 0 Å². The van der Waals surface area contributed by atoms with Crippen LogP contribution in [0.3, 0.4) is 0 Å². The number of fused-ring (bicyclic) bond motifs is 3. The number of rotatable bonds is 2. The van der Waals surface area contributed by atoms with Crippen molar-refractivity contribution in [1.29, 1.82) is 0 Å². The lowest BCUT2D eigenvalue weighted by molar-refractivity contribution is 0.766. The quantitative estimate of drug-likeness (QED) is 0.354. The molecular weight excluding hydrogens is 324 g/mol. The minimum Gasteiger partial charge on any atom is -0.0619 e. The van der Waals surface area contributed by atoms with E-state index in [9.17, 15) is 0 Å². The van der Waals surface area contributed by atoms with E-state index in [2.05, 4.69) is 111 Å². The van der Waals surface area contributed by atoms with Crippen LogP contribution in [0.15, 0.2) is 84.9 Å². The summed E-state index contributed by atoms with van der Waals surface area (Å²) in [5, 5.41) is 0. The Morgan fingerprint density at radius 1 is 0.593 bits per heavy atom. The third kappa shape index (κ3) is 2.23. The van der Waals surface area contributed by atoms with Gasteiger partial charge in [-0.05, 0) is 70.5 Å². The predicted octanol–water partition coefficient (Wildman–Crippen LogP) is 6.27. The average Bonchev–Trinajstić information content (AvgIpc) is 3.00. The van der Waals surface area contributed by atoms with Gasteiger partial charge in [-0.15, -0.1) is 0 Å². The van der Waals surface area contributed by atoms with Crippen molar-refractivity contribution in [2.45, 2.75) is 19.3 Å². The molecule has 0 aromatic heterocycles. The minimum absolute atomic E-state index is 0.313. The van der Waals surface area contributed by atoms with Crippen LogP contribution in [-0.2, 0) is 5.41 Å². The van der Waals surface area contributed by atoms with Gasteiger partial charge in [0, 0.05) is 0 Å². The first-order chi connectivity index (χ1) is 13.2. The first kappa shape index (κ1) is 16.1. The van der Waals surface area contributed by atoms with Crippen LogP contribution in [-0.4, -0.2) is 0 Å². The summed E-state index contributed by atoms with van der Waals surface area (Å²) in [4.78, 5) is 0. The number of hydrogen-bond acceptors (Lipinski definition) is 0. The Hall–Kier alpha value is -3.12. The molecule has 0 aliphatic heterocycles. The van der Waals surface area contributed by atoms with Crippen LogP contribution in [0.1, 0.15) is 33.4 Å². The maximum atomic E-state index is 3.32. The second-order valence-corrected chi connectivity index (χ2v) is 7.36. The van der Waals surface area contributed by atoms with E-state index in [1.54, 1.807) is 0 Å². The van der Waals surface area contributed by atoms with Crippen molar-refractivity contribution in [3.63, 3.8) is 0 Å². The van der Waals surface area contributed by atoms with Crippen molar-refractivity contribution in [3.8, 4) is 11.1 Å². The van der Waals surface area contributed by atoms with E-state index in [0.29, 0.717) is 0 Å². The molecule has 2 radical (unpaired) electrons. The summed E-state index contributed by atoms with van der Waals surface area (Å²) in [6, 6.07) is 37.4. The molecule has 0 fully saturated rings. The smallest absolute Gasteiger partial charge is 0.0619 e. The molecule has 0 heterocycles. The Balaban J connectivity index is 1.98.